The van der Waals surface area contributed by atoms with Crippen LogP contribution in [-0.2, 0) is 10.0 Å². The molecule has 5 heteroatoms. The highest BCUT2D eigenvalue weighted by atomic mass is 32.2. The van der Waals surface area contributed by atoms with Gasteiger partial charge in [-0.1, -0.05) is 13.8 Å². The zero-order chi connectivity index (χ0) is 13.4. The highest BCUT2D eigenvalue weighted by molar-refractivity contribution is 7.89. The number of rotatable bonds is 7. The summed E-state index contributed by atoms with van der Waals surface area (Å²) in [6.07, 6.45) is 4.98. The first-order chi connectivity index (χ1) is 8.56. The summed E-state index contributed by atoms with van der Waals surface area (Å²) in [5.41, 5.74) is 0. The lowest BCUT2D eigenvalue weighted by atomic mass is 10.0. The molecule has 1 aliphatic rings. The topological polar surface area (TPSA) is 49.4 Å². The molecular weight excluding hydrogens is 248 g/mol. The molecule has 1 unspecified atom stereocenters. The number of hydrogen-bond acceptors (Lipinski definition) is 3. The minimum absolute atomic E-state index is 0.290. The summed E-state index contributed by atoms with van der Waals surface area (Å²) in [5, 5.41) is 3.25. The van der Waals surface area contributed by atoms with Crippen LogP contribution in [0.1, 0.15) is 46.0 Å². The minimum Gasteiger partial charge on any atom is -0.317 e. The van der Waals surface area contributed by atoms with Crippen LogP contribution in [0.25, 0.3) is 0 Å². The van der Waals surface area contributed by atoms with E-state index in [1.807, 2.05) is 0 Å². The van der Waals surface area contributed by atoms with Crippen molar-refractivity contribution >= 4 is 10.0 Å². The van der Waals surface area contributed by atoms with Gasteiger partial charge in [0, 0.05) is 13.1 Å². The molecule has 1 heterocycles. The van der Waals surface area contributed by atoms with Crippen molar-refractivity contribution < 1.29 is 8.42 Å². The Morgan fingerprint density at radius 2 is 2.00 bits per heavy atom. The molecule has 108 valence electrons. The maximum atomic E-state index is 12.2. The smallest absolute Gasteiger partial charge is 0.214 e. The quantitative estimate of drug-likeness (QED) is 0.722. The molecule has 0 aromatic heterocycles. The summed E-state index contributed by atoms with van der Waals surface area (Å²) in [5.74, 6) is 0.953. The summed E-state index contributed by atoms with van der Waals surface area (Å²) < 4.78 is 26.1. The Bertz CT molecular complexity index is 317. The summed E-state index contributed by atoms with van der Waals surface area (Å²) in [6.45, 7) is 7.53. The van der Waals surface area contributed by atoms with Crippen LogP contribution < -0.4 is 5.32 Å². The van der Waals surface area contributed by atoms with Crippen molar-refractivity contribution in [2.45, 2.75) is 46.0 Å². The van der Waals surface area contributed by atoms with Crippen molar-refractivity contribution in [3.63, 3.8) is 0 Å². The van der Waals surface area contributed by atoms with E-state index in [-0.39, 0.29) is 5.75 Å². The van der Waals surface area contributed by atoms with Crippen molar-refractivity contribution in [2.24, 2.45) is 5.92 Å². The SMILES string of the molecule is CCCNCCCS(=O)(=O)N1CCCC(C)CC1. The predicted octanol–water partition coefficient (Wildman–Crippen LogP) is 1.83. The number of nitrogens with one attached hydrogen (secondary N) is 1. The lowest BCUT2D eigenvalue weighted by Crippen LogP contribution is -2.34. The van der Waals surface area contributed by atoms with Gasteiger partial charge in [-0.25, -0.2) is 12.7 Å². The van der Waals surface area contributed by atoms with E-state index in [1.165, 1.54) is 0 Å². The molecule has 0 aromatic rings. The Balaban J connectivity index is 2.33. The van der Waals surface area contributed by atoms with Crippen molar-refractivity contribution in [3.05, 3.63) is 0 Å². The lowest BCUT2D eigenvalue weighted by molar-refractivity contribution is 0.415. The Morgan fingerprint density at radius 1 is 1.22 bits per heavy atom. The van der Waals surface area contributed by atoms with Crippen molar-refractivity contribution in [3.8, 4) is 0 Å². The molecule has 18 heavy (non-hydrogen) atoms. The van der Waals surface area contributed by atoms with Crippen LogP contribution in [0.2, 0.25) is 0 Å². The maximum absolute atomic E-state index is 12.2. The third-order valence-electron chi connectivity index (χ3n) is 3.55. The Kier molecular flexibility index (Phi) is 7.19. The molecule has 1 rings (SSSR count). The minimum atomic E-state index is -3.02. The highest BCUT2D eigenvalue weighted by Gasteiger charge is 2.24. The molecule has 1 saturated heterocycles. The van der Waals surface area contributed by atoms with Crippen LogP contribution in [0.3, 0.4) is 0 Å². The van der Waals surface area contributed by atoms with Crippen LogP contribution in [0.4, 0.5) is 0 Å². The van der Waals surface area contributed by atoms with Gasteiger partial charge < -0.3 is 5.32 Å². The van der Waals surface area contributed by atoms with E-state index < -0.39 is 10.0 Å². The van der Waals surface area contributed by atoms with Crippen molar-refractivity contribution in [2.75, 3.05) is 31.9 Å². The first-order valence-electron chi connectivity index (χ1n) is 7.25. The fourth-order valence-electron chi connectivity index (χ4n) is 2.33. The highest BCUT2D eigenvalue weighted by Crippen LogP contribution is 2.19. The Hall–Kier alpha value is -0.130. The van der Waals surface area contributed by atoms with Gasteiger partial charge in [0.2, 0.25) is 10.0 Å². The van der Waals surface area contributed by atoms with Gasteiger partial charge in [-0.15, -0.1) is 0 Å². The third-order valence-corrected chi connectivity index (χ3v) is 5.51. The molecule has 0 spiro atoms. The van der Waals surface area contributed by atoms with Crippen LogP contribution in [0.15, 0.2) is 0 Å². The molecule has 0 amide bonds. The molecule has 4 nitrogen and oxygen atoms in total. The largest absolute Gasteiger partial charge is 0.317 e. The Morgan fingerprint density at radius 3 is 2.72 bits per heavy atom. The third kappa shape index (κ3) is 5.67. The molecular formula is C13H28N2O2S. The summed E-state index contributed by atoms with van der Waals surface area (Å²) in [6, 6.07) is 0. The number of nitrogens with zero attached hydrogens (tertiary/aromatic N) is 1. The first kappa shape index (κ1) is 15.9. The Labute approximate surface area is 112 Å². The van der Waals surface area contributed by atoms with Gasteiger partial charge in [-0.05, 0) is 51.1 Å². The van der Waals surface area contributed by atoms with Gasteiger partial charge in [-0.2, -0.15) is 0 Å². The molecule has 0 aliphatic carbocycles. The van der Waals surface area contributed by atoms with Gasteiger partial charge >= 0.3 is 0 Å². The van der Waals surface area contributed by atoms with E-state index in [1.54, 1.807) is 4.31 Å². The van der Waals surface area contributed by atoms with E-state index in [2.05, 4.69) is 19.2 Å². The standard InChI is InChI=1S/C13H28N2O2S/c1-3-8-14-9-5-12-18(16,17)15-10-4-6-13(2)7-11-15/h13-14H,3-12H2,1-2H3. The van der Waals surface area contributed by atoms with E-state index in [9.17, 15) is 8.42 Å². The summed E-state index contributed by atoms with van der Waals surface area (Å²) >= 11 is 0. The molecule has 0 aromatic carbocycles. The zero-order valence-corrected chi connectivity index (χ0v) is 12.6. The molecule has 1 atom stereocenters. The molecule has 0 bridgehead atoms. The molecule has 1 fully saturated rings. The molecule has 0 saturated carbocycles. The van der Waals surface area contributed by atoms with E-state index in [0.29, 0.717) is 18.9 Å². The average Bonchev–Trinajstić information content (AvgIpc) is 2.54. The fourth-order valence-corrected chi connectivity index (χ4v) is 3.88. The monoisotopic (exact) mass is 276 g/mol. The van der Waals surface area contributed by atoms with E-state index in [4.69, 9.17) is 0 Å². The van der Waals surface area contributed by atoms with Crippen molar-refractivity contribution in [1.29, 1.82) is 0 Å². The second kappa shape index (κ2) is 8.12. The van der Waals surface area contributed by atoms with Gasteiger partial charge in [-0.3, -0.25) is 0 Å². The van der Waals surface area contributed by atoms with Gasteiger partial charge in [0.1, 0.15) is 0 Å². The zero-order valence-electron chi connectivity index (χ0n) is 11.8. The van der Waals surface area contributed by atoms with Gasteiger partial charge in [0.25, 0.3) is 0 Å². The molecule has 0 radical (unpaired) electrons. The predicted molar refractivity (Wildman–Crippen MR) is 76.2 cm³/mol. The summed E-state index contributed by atoms with van der Waals surface area (Å²) in [4.78, 5) is 0. The van der Waals surface area contributed by atoms with Gasteiger partial charge in [0.15, 0.2) is 0 Å². The maximum Gasteiger partial charge on any atom is 0.214 e. The molecule has 1 aliphatic heterocycles. The van der Waals surface area contributed by atoms with Crippen LogP contribution in [-0.4, -0.2) is 44.7 Å². The summed E-state index contributed by atoms with van der Waals surface area (Å²) in [7, 11) is -3.02. The van der Waals surface area contributed by atoms with Crippen LogP contribution in [0.5, 0.6) is 0 Å². The fraction of sp³-hybridized carbons (Fsp3) is 1.00. The molecule has 1 N–H and O–H groups in total. The van der Waals surface area contributed by atoms with Crippen molar-refractivity contribution in [1.82, 2.24) is 9.62 Å². The van der Waals surface area contributed by atoms with Crippen LogP contribution in [0, 0.1) is 5.92 Å². The van der Waals surface area contributed by atoms with Crippen LogP contribution >= 0.6 is 0 Å². The number of hydrogen-bond donors (Lipinski definition) is 1. The van der Waals surface area contributed by atoms with Gasteiger partial charge in [0.05, 0.1) is 5.75 Å². The lowest BCUT2D eigenvalue weighted by Gasteiger charge is -2.20. The van der Waals surface area contributed by atoms with E-state index in [0.717, 1.165) is 45.3 Å². The number of sulfonamides is 1. The second-order valence-electron chi connectivity index (χ2n) is 5.35. The van der Waals surface area contributed by atoms with E-state index >= 15 is 0 Å². The normalized spacial score (nSPS) is 22.9. The first-order valence-corrected chi connectivity index (χ1v) is 8.85. The average molecular weight is 276 g/mol. The second-order valence-corrected chi connectivity index (χ2v) is 7.44.